The molecule has 0 spiro atoms. The number of hydrogen-bond acceptors (Lipinski definition) is 2. The predicted octanol–water partition coefficient (Wildman–Crippen LogP) is 5.19. The Labute approximate surface area is 133 Å². The lowest BCUT2D eigenvalue weighted by molar-refractivity contribution is 0.473. The summed E-state index contributed by atoms with van der Waals surface area (Å²) < 4.78 is 19.7. The largest absolute Gasteiger partial charge is 0.456 e. The van der Waals surface area contributed by atoms with E-state index < -0.39 is 0 Å². The lowest BCUT2D eigenvalue weighted by Gasteiger charge is -2.13. The average Bonchev–Trinajstić information content (AvgIpc) is 2.42. The molecular formula is C17H19BrFNO. The Morgan fingerprint density at radius 2 is 1.95 bits per heavy atom. The first-order valence-corrected chi connectivity index (χ1v) is 7.71. The zero-order valence-electron chi connectivity index (χ0n) is 12.4. The number of rotatable bonds is 5. The number of aryl methyl sites for hydroxylation is 1. The maximum atomic E-state index is 13.3. The van der Waals surface area contributed by atoms with Crippen molar-refractivity contribution in [2.75, 3.05) is 0 Å². The van der Waals surface area contributed by atoms with Crippen LogP contribution in [0.15, 0.2) is 40.9 Å². The summed E-state index contributed by atoms with van der Waals surface area (Å²) in [5.74, 6) is 0.859. The fourth-order valence-electron chi connectivity index (χ4n) is 1.93. The molecule has 0 aliphatic heterocycles. The van der Waals surface area contributed by atoms with Gasteiger partial charge in [0.1, 0.15) is 17.3 Å². The molecule has 1 N–H and O–H groups in total. The van der Waals surface area contributed by atoms with Crippen molar-refractivity contribution in [1.29, 1.82) is 0 Å². The SMILES string of the molecule is Cc1cc(Oc2cc(F)ccc2Br)ccc1CNC(C)C. The fourth-order valence-corrected chi connectivity index (χ4v) is 2.25. The van der Waals surface area contributed by atoms with Crippen molar-refractivity contribution in [2.45, 2.75) is 33.4 Å². The van der Waals surface area contributed by atoms with Gasteiger partial charge in [-0.3, -0.25) is 0 Å². The molecule has 0 aliphatic rings. The molecule has 0 amide bonds. The van der Waals surface area contributed by atoms with Crippen molar-refractivity contribution in [3.63, 3.8) is 0 Å². The Morgan fingerprint density at radius 3 is 2.62 bits per heavy atom. The molecule has 0 saturated carbocycles. The Bertz CT molecular complexity index is 628. The Hall–Kier alpha value is -1.39. The van der Waals surface area contributed by atoms with Gasteiger partial charge in [-0.1, -0.05) is 19.9 Å². The van der Waals surface area contributed by atoms with Crippen LogP contribution in [0.2, 0.25) is 0 Å². The summed E-state index contributed by atoms with van der Waals surface area (Å²) >= 11 is 3.36. The highest BCUT2D eigenvalue weighted by molar-refractivity contribution is 9.10. The quantitative estimate of drug-likeness (QED) is 0.800. The van der Waals surface area contributed by atoms with Gasteiger partial charge in [-0.2, -0.15) is 0 Å². The van der Waals surface area contributed by atoms with E-state index in [4.69, 9.17) is 4.74 Å². The molecule has 2 rings (SSSR count). The van der Waals surface area contributed by atoms with Gasteiger partial charge in [-0.25, -0.2) is 4.39 Å². The standard InChI is InChI=1S/C17H19BrFNO/c1-11(2)20-10-13-4-6-15(8-12(13)3)21-17-9-14(19)5-7-16(17)18/h4-9,11,20H,10H2,1-3H3. The van der Waals surface area contributed by atoms with Crippen molar-refractivity contribution >= 4 is 15.9 Å². The smallest absolute Gasteiger partial charge is 0.144 e. The fraction of sp³-hybridized carbons (Fsp3) is 0.294. The molecule has 112 valence electrons. The third-order valence-corrected chi connectivity index (χ3v) is 3.79. The summed E-state index contributed by atoms with van der Waals surface area (Å²) in [4.78, 5) is 0. The second-order valence-electron chi connectivity index (χ2n) is 5.30. The Kier molecular flexibility index (Phi) is 5.37. The van der Waals surface area contributed by atoms with Crippen LogP contribution in [-0.2, 0) is 6.54 Å². The van der Waals surface area contributed by atoms with E-state index in [0.29, 0.717) is 17.5 Å². The Balaban J connectivity index is 2.14. The van der Waals surface area contributed by atoms with Crippen LogP contribution in [0.4, 0.5) is 4.39 Å². The average molecular weight is 352 g/mol. The second kappa shape index (κ2) is 7.05. The monoisotopic (exact) mass is 351 g/mol. The maximum Gasteiger partial charge on any atom is 0.144 e. The van der Waals surface area contributed by atoms with Crippen molar-refractivity contribution in [3.8, 4) is 11.5 Å². The van der Waals surface area contributed by atoms with Gasteiger partial charge >= 0.3 is 0 Å². The molecule has 0 aliphatic carbocycles. The van der Waals surface area contributed by atoms with Gasteiger partial charge < -0.3 is 10.1 Å². The molecule has 2 aromatic carbocycles. The van der Waals surface area contributed by atoms with Gasteiger partial charge in [-0.15, -0.1) is 0 Å². The molecule has 0 radical (unpaired) electrons. The molecule has 0 heterocycles. The lowest BCUT2D eigenvalue weighted by Crippen LogP contribution is -2.22. The summed E-state index contributed by atoms with van der Waals surface area (Å²) in [5, 5.41) is 3.39. The van der Waals surface area contributed by atoms with Crippen LogP contribution in [0.25, 0.3) is 0 Å². The van der Waals surface area contributed by atoms with E-state index in [1.807, 2.05) is 25.1 Å². The summed E-state index contributed by atoms with van der Waals surface area (Å²) in [6, 6.07) is 10.8. The van der Waals surface area contributed by atoms with E-state index in [1.165, 1.54) is 17.7 Å². The number of ether oxygens (including phenoxy) is 1. The molecule has 2 nitrogen and oxygen atoms in total. The topological polar surface area (TPSA) is 21.3 Å². The predicted molar refractivity (Wildman–Crippen MR) is 87.3 cm³/mol. The molecular weight excluding hydrogens is 333 g/mol. The maximum absolute atomic E-state index is 13.3. The van der Waals surface area contributed by atoms with Crippen LogP contribution < -0.4 is 10.1 Å². The van der Waals surface area contributed by atoms with E-state index in [1.54, 1.807) is 6.07 Å². The van der Waals surface area contributed by atoms with Crippen molar-refractivity contribution in [1.82, 2.24) is 5.32 Å². The van der Waals surface area contributed by atoms with Crippen LogP contribution in [0, 0.1) is 12.7 Å². The third kappa shape index (κ3) is 4.55. The minimum atomic E-state index is -0.317. The zero-order valence-corrected chi connectivity index (χ0v) is 14.0. The van der Waals surface area contributed by atoms with Crippen molar-refractivity contribution in [3.05, 3.63) is 57.8 Å². The van der Waals surface area contributed by atoms with Crippen LogP contribution in [0.1, 0.15) is 25.0 Å². The zero-order chi connectivity index (χ0) is 15.4. The molecule has 0 unspecified atom stereocenters. The van der Waals surface area contributed by atoms with E-state index in [9.17, 15) is 4.39 Å². The third-order valence-electron chi connectivity index (χ3n) is 3.14. The summed E-state index contributed by atoms with van der Waals surface area (Å²) in [5.41, 5.74) is 2.38. The Morgan fingerprint density at radius 1 is 1.19 bits per heavy atom. The van der Waals surface area contributed by atoms with Gasteiger partial charge in [0.15, 0.2) is 0 Å². The van der Waals surface area contributed by atoms with Crippen LogP contribution in [0.3, 0.4) is 0 Å². The first-order valence-electron chi connectivity index (χ1n) is 6.91. The second-order valence-corrected chi connectivity index (χ2v) is 6.16. The van der Waals surface area contributed by atoms with Gasteiger partial charge in [0.25, 0.3) is 0 Å². The van der Waals surface area contributed by atoms with Gasteiger partial charge in [0.2, 0.25) is 0 Å². The van der Waals surface area contributed by atoms with Crippen molar-refractivity contribution < 1.29 is 9.13 Å². The van der Waals surface area contributed by atoms with Gasteiger partial charge in [-0.05, 0) is 58.2 Å². The van der Waals surface area contributed by atoms with E-state index in [2.05, 4.69) is 35.1 Å². The van der Waals surface area contributed by atoms with Gasteiger partial charge in [0, 0.05) is 18.7 Å². The molecule has 0 bridgehead atoms. The minimum absolute atomic E-state index is 0.317. The van der Waals surface area contributed by atoms with E-state index in [-0.39, 0.29) is 5.82 Å². The highest BCUT2D eigenvalue weighted by Crippen LogP contribution is 2.31. The van der Waals surface area contributed by atoms with Crippen LogP contribution in [-0.4, -0.2) is 6.04 Å². The highest BCUT2D eigenvalue weighted by Gasteiger charge is 2.07. The minimum Gasteiger partial charge on any atom is -0.456 e. The highest BCUT2D eigenvalue weighted by atomic mass is 79.9. The molecule has 21 heavy (non-hydrogen) atoms. The molecule has 0 atom stereocenters. The van der Waals surface area contributed by atoms with E-state index >= 15 is 0 Å². The molecule has 2 aromatic rings. The van der Waals surface area contributed by atoms with Gasteiger partial charge in [0.05, 0.1) is 4.47 Å². The van der Waals surface area contributed by atoms with Crippen LogP contribution in [0.5, 0.6) is 11.5 Å². The van der Waals surface area contributed by atoms with Crippen molar-refractivity contribution in [2.24, 2.45) is 0 Å². The molecule has 0 aromatic heterocycles. The molecule has 0 fully saturated rings. The summed E-state index contributed by atoms with van der Waals surface area (Å²) in [7, 11) is 0. The number of nitrogens with one attached hydrogen (secondary N) is 1. The first kappa shape index (κ1) is 16.0. The normalized spacial score (nSPS) is 11.0. The van der Waals surface area contributed by atoms with Crippen LogP contribution >= 0.6 is 15.9 Å². The summed E-state index contributed by atoms with van der Waals surface area (Å²) in [6.45, 7) is 7.11. The number of benzene rings is 2. The lowest BCUT2D eigenvalue weighted by atomic mass is 10.1. The molecule has 0 saturated heterocycles. The summed E-state index contributed by atoms with van der Waals surface area (Å²) in [6.07, 6.45) is 0. The number of halogens is 2. The first-order chi connectivity index (χ1) is 9.95. The molecule has 4 heteroatoms. The number of hydrogen-bond donors (Lipinski definition) is 1. The van der Waals surface area contributed by atoms with E-state index in [0.717, 1.165) is 16.6 Å².